The standard InChI is InChI=1S/C23H16N4O3S/c28-23(26-31(29,30)21-9-2-5-16-7-3-12-24-22(16)21)18-10-11-19-17(15-18)6-1-8-20(19)27-14-4-13-25-27/h1-15H,(H,26,28). The van der Waals surface area contributed by atoms with Gasteiger partial charge < -0.3 is 0 Å². The Labute approximate surface area is 178 Å². The van der Waals surface area contributed by atoms with Crippen LogP contribution in [0.1, 0.15) is 10.4 Å². The van der Waals surface area contributed by atoms with E-state index >= 15 is 0 Å². The van der Waals surface area contributed by atoms with Crippen LogP contribution in [0, 0.1) is 0 Å². The second kappa shape index (κ2) is 7.33. The quantitative estimate of drug-likeness (QED) is 0.471. The molecule has 2 heterocycles. The van der Waals surface area contributed by atoms with Crippen LogP contribution in [0.3, 0.4) is 0 Å². The Balaban J connectivity index is 1.50. The summed E-state index contributed by atoms with van der Waals surface area (Å²) in [4.78, 5) is 16.9. The highest BCUT2D eigenvalue weighted by molar-refractivity contribution is 7.90. The molecule has 0 fully saturated rings. The number of sulfonamides is 1. The maximum Gasteiger partial charge on any atom is 0.266 e. The number of carbonyl (C=O) groups excluding carboxylic acids is 1. The summed E-state index contributed by atoms with van der Waals surface area (Å²) in [5, 5.41) is 6.62. The van der Waals surface area contributed by atoms with Crippen molar-refractivity contribution in [2.75, 3.05) is 0 Å². The Bertz CT molecular complexity index is 1540. The normalized spacial score (nSPS) is 11.6. The van der Waals surface area contributed by atoms with Crippen LogP contribution in [0.15, 0.2) is 96.3 Å². The summed E-state index contributed by atoms with van der Waals surface area (Å²) in [6.07, 6.45) is 5.04. The zero-order valence-corrected chi connectivity index (χ0v) is 17.0. The lowest BCUT2D eigenvalue weighted by molar-refractivity contribution is 0.0981. The number of nitrogens with one attached hydrogen (secondary N) is 1. The van der Waals surface area contributed by atoms with Crippen molar-refractivity contribution in [2.24, 2.45) is 0 Å². The molecule has 0 bridgehead atoms. The van der Waals surface area contributed by atoms with Crippen molar-refractivity contribution in [1.82, 2.24) is 19.5 Å². The molecule has 5 rings (SSSR count). The molecular weight excluding hydrogens is 412 g/mol. The molecule has 0 radical (unpaired) electrons. The fourth-order valence-electron chi connectivity index (χ4n) is 3.55. The molecule has 0 aliphatic heterocycles. The molecular formula is C23H16N4O3S. The number of para-hydroxylation sites is 1. The zero-order chi connectivity index (χ0) is 21.4. The summed E-state index contributed by atoms with van der Waals surface area (Å²) in [6.45, 7) is 0. The van der Waals surface area contributed by atoms with Crippen LogP contribution in [-0.2, 0) is 10.0 Å². The van der Waals surface area contributed by atoms with E-state index in [0.29, 0.717) is 10.9 Å². The SMILES string of the molecule is O=C(NS(=O)(=O)c1cccc2cccnc12)c1ccc2c(-n3cccn3)cccc2c1. The van der Waals surface area contributed by atoms with Crippen LogP contribution in [0.5, 0.6) is 0 Å². The fraction of sp³-hybridized carbons (Fsp3) is 0. The molecule has 8 heteroatoms. The fourth-order valence-corrected chi connectivity index (χ4v) is 4.70. The smallest absolute Gasteiger partial charge is 0.266 e. The predicted molar refractivity (Wildman–Crippen MR) is 117 cm³/mol. The number of nitrogens with zero attached hydrogens (tertiary/aromatic N) is 3. The third-order valence-electron chi connectivity index (χ3n) is 4.98. The molecule has 1 amide bonds. The van der Waals surface area contributed by atoms with Crippen LogP contribution in [-0.4, -0.2) is 29.1 Å². The van der Waals surface area contributed by atoms with Crippen molar-refractivity contribution >= 4 is 37.6 Å². The average Bonchev–Trinajstić information content (AvgIpc) is 3.32. The minimum absolute atomic E-state index is 0.0410. The first-order valence-electron chi connectivity index (χ1n) is 9.47. The van der Waals surface area contributed by atoms with Crippen molar-refractivity contribution in [3.05, 3.63) is 97.0 Å². The maximum absolute atomic E-state index is 12.9. The molecule has 0 aliphatic rings. The number of hydrogen-bond donors (Lipinski definition) is 1. The van der Waals surface area contributed by atoms with Gasteiger partial charge in [-0.3, -0.25) is 9.78 Å². The van der Waals surface area contributed by atoms with E-state index in [1.54, 1.807) is 53.3 Å². The first kappa shape index (κ1) is 19.0. The van der Waals surface area contributed by atoms with Crippen molar-refractivity contribution in [2.45, 2.75) is 4.90 Å². The summed E-state index contributed by atoms with van der Waals surface area (Å²) < 4.78 is 29.7. The van der Waals surface area contributed by atoms with Crippen molar-refractivity contribution in [3.63, 3.8) is 0 Å². The largest absolute Gasteiger partial charge is 0.268 e. The van der Waals surface area contributed by atoms with Crippen LogP contribution in [0.2, 0.25) is 0 Å². The van der Waals surface area contributed by atoms with Crippen LogP contribution in [0.25, 0.3) is 27.4 Å². The molecule has 0 aliphatic carbocycles. The lowest BCUT2D eigenvalue weighted by Gasteiger charge is -2.11. The molecule has 0 unspecified atom stereocenters. The van der Waals surface area contributed by atoms with Crippen LogP contribution >= 0.6 is 0 Å². The Morgan fingerprint density at radius 3 is 2.52 bits per heavy atom. The Morgan fingerprint density at radius 2 is 1.68 bits per heavy atom. The number of pyridine rings is 1. The van der Waals surface area contributed by atoms with Gasteiger partial charge in [-0.2, -0.15) is 5.10 Å². The highest BCUT2D eigenvalue weighted by Crippen LogP contribution is 2.24. The first-order chi connectivity index (χ1) is 15.0. The van der Waals surface area contributed by atoms with Crippen molar-refractivity contribution in [3.8, 4) is 5.69 Å². The summed E-state index contributed by atoms with van der Waals surface area (Å²) >= 11 is 0. The number of rotatable bonds is 4. The number of aromatic nitrogens is 3. The molecule has 0 atom stereocenters. The lowest BCUT2D eigenvalue weighted by Crippen LogP contribution is -2.30. The molecule has 152 valence electrons. The molecule has 3 aromatic carbocycles. The van der Waals surface area contributed by atoms with Crippen LogP contribution < -0.4 is 4.72 Å². The topological polar surface area (TPSA) is 94.0 Å². The second-order valence-corrected chi connectivity index (χ2v) is 8.58. The van der Waals surface area contributed by atoms with Crippen molar-refractivity contribution < 1.29 is 13.2 Å². The van der Waals surface area contributed by atoms with E-state index in [1.807, 2.05) is 30.5 Å². The lowest BCUT2D eigenvalue weighted by atomic mass is 10.1. The van der Waals surface area contributed by atoms with Gasteiger partial charge in [-0.1, -0.05) is 36.4 Å². The van der Waals surface area contributed by atoms with Gasteiger partial charge >= 0.3 is 0 Å². The van der Waals surface area contributed by atoms with E-state index in [9.17, 15) is 13.2 Å². The van der Waals surface area contributed by atoms with Gasteiger partial charge in [0.05, 0.1) is 11.2 Å². The van der Waals surface area contributed by atoms with E-state index in [4.69, 9.17) is 0 Å². The summed E-state index contributed by atoms with van der Waals surface area (Å²) in [5.74, 6) is -0.709. The molecule has 0 saturated heterocycles. The molecule has 0 spiro atoms. The van der Waals surface area contributed by atoms with Gasteiger partial charge in [0.25, 0.3) is 15.9 Å². The Kier molecular flexibility index (Phi) is 4.48. The highest BCUT2D eigenvalue weighted by atomic mass is 32.2. The highest BCUT2D eigenvalue weighted by Gasteiger charge is 2.22. The van der Waals surface area contributed by atoms with Crippen LogP contribution in [0.4, 0.5) is 0 Å². The number of carbonyl (C=O) groups is 1. The van der Waals surface area contributed by atoms with Gasteiger partial charge in [-0.05, 0) is 41.8 Å². The number of fused-ring (bicyclic) bond motifs is 2. The van der Waals surface area contributed by atoms with Gasteiger partial charge in [-0.25, -0.2) is 17.8 Å². The molecule has 1 N–H and O–H groups in total. The van der Waals surface area contributed by atoms with Gasteiger partial charge in [0.15, 0.2) is 0 Å². The minimum Gasteiger partial charge on any atom is -0.268 e. The molecule has 31 heavy (non-hydrogen) atoms. The Hall–Kier alpha value is -4.04. The first-order valence-corrected chi connectivity index (χ1v) is 10.9. The van der Waals surface area contributed by atoms with E-state index in [0.717, 1.165) is 16.5 Å². The minimum atomic E-state index is -4.11. The molecule has 5 aromatic rings. The third kappa shape index (κ3) is 3.43. The molecule has 7 nitrogen and oxygen atoms in total. The number of amides is 1. The number of hydrogen-bond acceptors (Lipinski definition) is 5. The average molecular weight is 428 g/mol. The van der Waals surface area contributed by atoms with E-state index in [-0.39, 0.29) is 10.5 Å². The van der Waals surface area contributed by atoms with Crippen molar-refractivity contribution in [1.29, 1.82) is 0 Å². The zero-order valence-electron chi connectivity index (χ0n) is 16.1. The monoisotopic (exact) mass is 428 g/mol. The summed E-state index contributed by atoms with van der Waals surface area (Å²) in [7, 11) is -4.11. The van der Waals surface area contributed by atoms with Gasteiger partial charge in [0, 0.05) is 34.9 Å². The molecule has 2 aromatic heterocycles. The maximum atomic E-state index is 12.9. The van der Waals surface area contributed by atoms with E-state index in [1.165, 1.54) is 12.3 Å². The van der Waals surface area contributed by atoms with E-state index < -0.39 is 15.9 Å². The second-order valence-electron chi connectivity index (χ2n) is 6.93. The van der Waals surface area contributed by atoms with Gasteiger partial charge in [-0.15, -0.1) is 0 Å². The van der Waals surface area contributed by atoms with Gasteiger partial charge in [0.1, 0.15) is 4.90 Å². The summed E-state index contributed by atoms with van der Waals surface area (Å²) in [5.41, 5.74) is 1.42. The molecule has 0 saturated carbocycles. The summed E-state index contributed by atoms with van der Waals surface area (Å²) in [6, 6.07) is 20.8. The Morgan fingerprint density at radius 1 is 0.871 bits per heavy atom. The third-order valence-corrected chi connectivity index (χ3v) is 6.35. The number of benzene rings is 3. The van der Waals surface area contributed by atoms with E-state index in [2.05, 4.69) is 14.8 Å². The van der Waals surface area contributed by atoms with Gasteiger partial charge in [0.2, 0.25) is 0 Å². The predicted octanol–water partition coefficient (Wildman–Crippen LogP) is 3.69.